The number of halogens is 1. The van der Waals surface area contributed by atoms with Crippen LogP contribution in [0.5, 0.6) is 0 Å². The second-order valence-electron chi connectivity index (χ2n) is 9.44. The van der Waals surface area contributed by atoms with Crippen LogP contribution in [0.4, 0.5) is 6.01 Å². The Morgan fingerprint density at radius 1 is 1.13 bits per heavy atom. The summed E-state index contributed by atoms with van der Waals surface area (Å²) in [7, 11) is 0. The molecule has 2 atom stereocenters. The molecule has 31 heavy (non-hydrogen) atoms. The zero-order valence-corrected chi connectivity index (χ0v) is 18.8. The lowest BCUT2D eigenvalue weighted by molar-refractivity contribution is -0.127. The van der Waals surface area contributed by atoms with E-state index in [1.807, 2.05) is 18.2 Å². The first-order chi connectivity index (χ1) is 15.2. The van der Waals surface area contributed by atoms with Crippen LogP contribution in [0.2, 0.25) is 5.02 Å². The van der Waals surface area contributed by atoms with Gasteiger partial charge in [-0.3, -0.25) is 4.79 Å². The van der Waals surface area contributed by atoms with Crippen LogP contribution in [0, 0.1) is 11.8 Å². The second kappa shape index (κ2) is 9.37. The highest BCUT2D eigenvalue weighted by Crippen LogP contribution is 2.30. The normalized spacial score (nSPS) is 25.5. The van der Waals surface area contributed by atoms with Gasteiger partial charge in [0.1, 0.15) is 5.52 Å². The smallest absolute Gasteiger partial charge is 0.298 e. The molecule has 1 aliphatic heterocycles. The third-order valence-corrected chi connectivity index (χ3v) is 7.51. The fourth-order valence-corrected chi connectivity index (χ4v) is 5.55. The number of rotatable bonds is 6. The number of benzene rings is 1. The molecule has 0 spiro atoms. The van der Waals surface area contributed by atoms with Gasteiger partial charge in [0.15, 0.2) is 5.58 Å². The van der Waals surface area contributed by atoms with Gasteiger partial charge in [-0.15, -0.1) is 0 Å². The van der Waals surface area contributed by atoms with Crippen molar-refractivity contribution in [2.24, 2.45) is 11.8 Å². The molecule has 0 radical (unpaired) electrons. The summed E-state index contributed by atoms with van der Waals surface area (Å²) in [6.45, 7) is 2.40. The minimum atomic E-state index is 0.0474. The molecule has 168 valence electrons. The third-order valence-electron chi connectivity index (χ3n) is 7.28. The number of fused-ring (bicyclic) bond motifs is 1. The van der Waals surface area contributed by atoms with Crippen LogP contribution in [-0.4, -0.2) is 42.7 Å². The Balaban J connectivity index is 1.11. The second-order valence-corrected chi connectivity index (χ2v) is 9.87. The molecule has 1 saturated heterocycles. The van der Waals surface area contributed by atoms with Gasteiger partial charge in [0.05, 0.1) is 12.1 Å². The number of carbonyl (C=O) groups is 1. The lowest BCUT2D eigenvalue weighted by atomic mass is 9.95. The minimum absolute atomic E-state index is 0.0474. The van der Waals surface area contributed by atoms with Crippen molar-refractivity contribution in [3.8, 4) is 0 Å². The first-order valence-corrected chi connectivity index (χ1v) is 12.3. The van der Waals surface area contributed by atoms with Crippen molar-refractivity contribution < 1.29 is 13.9 Å². The molecular weight excluding hydrogens is 414 g/mol. The largest absolute Gasteiger partial charge is 0.423 e. The number of nitrogens with one attached hydrogen (secondary N) is 1. The van der Waals surface area contributed by atoms with Gasteiger partial charge in [-0.05, 0) is 69.1 Å². The topological polar surface area (TPSA) is 67.6 Å². The highest BCUT2D eigenvalue weighted by molar-refractivity contribution is 6.31. The number of anilines is 1. The lowest BCUT2D eigenvalue weighted by Gasteiger charge is -2.31. The maximum absolute atomic E-state index is 12.9. The van der Waals surface area contributed by atoms with Crippen LogP contribution in [0.1, 0.15) is 57.8 Å². The van der Waals surface area contributed by atoms with E-state index < -0.39 is 0 Å². The number of hydrogen-bond donors (Lipinski definition) is 1. The number of hydrogen-bond acceptors (Lipinski definition) is 5. The summed E-state index contributed by atoms with van der Waals surface area (Å²) in [4.78, 5) is 19.6. The van der Waals surface area contributed by atoms with Crippen molar-refractivity contribution in [3.05, 3.63) is 23.2 Å². The van der Waals surface area contributed by atoms with E-state index in [0.717, 1.165) is 68.8 Å². The van der Waals surface area contributed by atoms with Crippen molar-refractivity contribution >= 4 is 34.6 Å². The molecule has 0 unspecified atom stereocenters. The first-order valence-electron chi connectivity index (χ1n) is 11.9. The van der Waals surface area contributed by atoms with E-state index in [1.54, 1.807) is 0 Å². The van der Waals surface area contributed by atoms with Crippen molar-refractivity contribution in [1.82, 2.24) is 10.3 Å². The number of aromatic nitrogens is 1. The van der Waals surface area contributed by atoms with Crippen LogP contribution in [0.3, 0.4) is 0 Å². The van der Waals surface area contributed by atoms with Gasteiger partial charge in [0.25, 0.3) is 6.01 Å². The van der Waals surface area contributed by atoms with E-state index in [1.165, 1.54) is 25.7 Å². The number of nitrogens with zero attached hydrogens (tertiary/aromatic N) is 2. The Morgan fingerprint density at radius 3 is 2.74 bits per heavy atom. The molecule has 2 aliphatic carbocycles. The molecular formula is C24H32ClN3O3. The molecule has 6 nitrogen and oxygen atoms in total. The fourth-order valence-electron chi connectivity index (χ4n) is 5.38. The molecule has 3 aliphatic rings. The fraction of sp³-hybridized carbons (Fsp3) is 0.667. The van der Waals surface area contributed by atoms with E-state index in [4.69, 9.17) is 20.8 Å². The average molecular weight is 446 g/mol. The highest BCUT2D eigenvalue weighted by atomic mass is 35.5. The van der Waals surface area contributed by atoms with Gasteiger partial charge in [0, 0.05) is 30.6 Å². The highest BCUT2D eigenvalue weighted by Gasteiger charge is 2.33. The summed E-state index contributed by atoms with van der Waals surface area (Å²) in [5.74, 6) is 0.959. The molecule has 1 aromatic carbocycles. The molecule has 7 heteroatoms. The van der Waals surface area contributed by atoms with Crippen molar-refractivity contribution in [1.29, 1.82) is 0 Å². The summed E-state index contributed by atoms with van der Waals surface area (Å²) in [5, 5.41) is 3.97. The van der Waals surface area contributed by atoms with E-state index in [-0.39, 0.29) is 24.0 Å². The van der Waals surface area contributed by atoms with Gasteiger partial charge in [0.2, 0.25) is 5.91 Å². The summed E-state index contributed by atoms with van der Waals surface area (Å²) in [6, 6.07) is 6.27. The van der Waals surface area contributed by atoms with Crippen molar-refractivity contribution in [2.45, 2.75) is 69.9 Å². The van der Waals surface area contributed by atoms with Gasteiger partial charge in [-0.1, -0.05) is 24.4 Å². The van der Waals surface area contributed by atoms with Crippen LogP contribution in [0.15, 0.2) is 22.6 Å². The zero-order chi connectivity index (χ0) is 21.2. The monoisotopic (exact) mass is 445 g/mol. The number of ether oxygens (including phenoxy) is 1. The molecule has 1 amide bonds. The Bertz CT molecular complexity index is 903. The van der Waals surface area contributed by atoms with E-state index in [0.29, 0.717) is 11.0 Å². The third kappa shape index (κ3) is 4.85. The Morgan fingerprint density at radius 2 is 1.94 bits per heavy atom. The number of oxazole rings is 1. The SMILES string of the molecule is O=C(N[C@@H]1CCC[C@H]1OCC1CCCC1)C1CCN(c2nc3cc(Cl)ccc3o2)CC1. The first kappa shape index (κ1) is 21.1. The molecule has 2 aromatic rings. The summed E-state index contributed by atoms with van der Waals surface area (Å²) in [5.41, 5.74) is 1.51. The summed E-state index contributed by atoms with van der Waals surface area (Å²) < 4.78 is 12.1. The standard InChI is InChI=1S/C24H32ClN3O3/c25-18-8-9-22-20(14-18)27-24(31-22)28-12-10-17(11-13-28)23(29)26-19-6-3-7-21(19)30-15-16-4-1-2-5-16/h8-9,14,16-17,19,21H,1-7,10-13,15H2,(H,26,29)/t19-,21-/m1/s1. The van der Waals surface area contributed by atoms with E-state index in [2.05, 4.69) is 15.2 Å². The van der Waals surface area contributed by atoms with Crippen LogP contribution in [-0.2, 0) is 9.53 Å². The predicted molar refractivity (Wildman–Crippen MR) is 121 cm³/mol. The summed E-state index contributed by atoms with van der Waals surface area (Å²) in [6.07, 6.45) is 10.3. The summed E-state index contributed by atoms with van der Waals surface area (Å²) >= 11 is 6.05. The quantitative estimate of drug-likeness (QED) is 0.681. The van der Waals surface area contributed by atoms with Crippen molar-refractivity contribution in [3.63, 3.8) is 0 Å². The van der Waals surface area contributed by atoms with Crippen LogP contribution >= 0.6 is 11.6 Å². The van der Waals surface area contributed by atoms with E-state index in [9.17, 15) is 4.79 Å². The molecule has 3 fully saturated rings. The van der Waals surface area contributed by atoms with Crippen molar-refractivity contribution in [2.75, 3.05) is 24.6 Å². The number of amides is 1. The van der Waals surface area contributed by atoms with Gasteiger partial charge in [-0.2, -0.15) is 4.98 Å². The van der Waals surface area contributed by atoms with Gasteiger partial charge >= 0.3 is 0 Å². The lowest BCUT2D eigenvalue weighted by Crippen LogP contribution is -2.47. The molecule has 1 N–H and O–H groups in total. The minimum Gasteiger partial charge on any atom is -0.423 e. The molecule has 2 heterocycles. The maximum Gasteiger partial charge on any atom is 0.298 e. The molecule has 1 aromatic heterocycles. The molecule has 2 saturated carbocycles. The number of carbonyl (C=O) groups excluding carboxylic acids is 1. The Labute approximate surface area is 188 Å². The Kier molecular flexibility index (Phi) is 6.37. The Hall–Kier alpha value is -1.79. The van der Waals surface area contributed by atoms with Crippen LogP contribution in [0.25, 0.3) is 11.1 Å². The maximum atomic E-state index is 12.9. The van der Waals surface area contributed by atoms with Crippen LogP contribution < -0.4 is 10.2 Å². The van der Waals surface area contributed by atoms with Gasteiger partial charge < -0.3 is 19.4 Å². The molecule has 0 bridgehead atoms. The predicted octanol–water partition coefficient (Wildman–Crippen LogP) is 4.94. The molecule has 5 rings (SSSR count). The van der Waals surface area contributed by atoms with Gasteiger partial charge in [-0.25, -0.2) is 0 Å². The zero-order valence-electron chi connectivity index (χ0n) is 18.0. The number of piperidine rings is 1. The average Bonchev–Trinajstić information content (AvgIpc) is 3.53. The van der Waals surface area contributed by atoms with E-state index >= 15 is 0 Å².